The van der Waals surface area contributed by atoms with Crippen LogP contribution < -0.4 is 5.73 Å². The molecule has 0 aliphatic heterocycles. The van der Waals surface area contributed by atoms with Gasteiger partial charge in [-0.3, -0.25) is 9.88 Å². The maximum atomic E-state index is 8.58. The van der Waals surface area contributed by atoms with Crippen LogP contribution in [0.2, 0.25) is 0 Å². The van der Waals surface area contributed by atoms with Crippen molar-refractivity contribution in [2.75, 3.05) is 13.6 Å². The van der Waals surface area contributed by atoms with Crippen LogP contribution in [0.4, 0.5) is 0 Å². The van der Waals surface area contributed by atoms with Crippen LogP contribution in [-0.4, -0.2) is 34.5 Å². The molecule has 0 amide bonds. The van der Waals surface area contributed by atoms with Crippen LogP contribution in [0.25, 0.3) is 0 Å². The third-order valence-corrected chi connectivity index (χ3v) is 2.58. The molecule has 17 heavy (non-hydrogen) atoms. The fourth-order valence-corrected chi connectivity index (χ4v) is 1.69. The lowest BCUT2D eigenvalue weighted by Gasteiger charge is -2.20. The third kappa shape index (κ3) is 4.40. The normalized spacial score (nSPS) is 14.0. The van der Waals surface area contributed by atoms with E-state index >= 15 is 0 Å². The van der Waals surface area contributed by atoms with Gasteiger partial charge in [-0.1, -0.05) is 18.1 Å². The number of nitrogens with two attached hydrogens (primary N) is 1. The van der Waals surface area contributed by atoms with E-state index in [4.69, 9.17) is 10.9 Å². The standard InChI is InChI=1S/C12H20N4O/c1-9(12(13)15-17)7-16(3)8-11-6-4-5-10(2)14-11/h4-6,9,17H,7-8H2,1-3H3,(H2,13,15). The summed E-state index contributed by atoms with van der Waals surface area (Å²) in [5, 5.41) is 11.6. The minimum atomic E-state index is 0.0230. The first-order valence-corrected chi connectivity index (χ1v) is 5.61. The van der Waals surface area contributed by atoms with Crippen molar-refractivity contribution in [3.05, 3.63) is 29.6 Å². The summed E-state index contributed by atoms with van der Waals surface area (Å²) in [5.74, 6) is 0.281. The van der Waals surface area contributed by atoms with Crippen molar-refractivity contribution in [2.24, 2.45) is 16.8 Å². The van der Waals surface area contributed by atoms with E-state index in [0.717, 1.165) is 24.5 Å². The number of hydrogen-bond acceptors (Lipinski definition) is 4. The summed E-state index contributed by atoms with van der Waals surface area (Å²) >= 11 is 0. The van der Waals surface area contributed by atoms with Crippen LogP contribution in [0.15, 0.2) is 23.4 Å². The van der Waals surface area contributed by atoms with Crippen LogP contribution >= 0.6 is 0 Å². The molecule has 0 saturated heterocycles. The van der Waals surface area contributed by atoms with Crippen LogP contribution in [-0.2, 0) is 6.54 Å². The largest absolute Gasteiger partial charge is 0.409 e. The average Bonchev–Trinajstić information content (AvgIpc) is 2.27. The first-order valence-electron chi connectivity index (χ1n) is 5.61. The number of aromatic nitrogens is 1. The molecular formula is C12H20N4O. The number of nitrogens with zero attached hydrogens (tertiary/aromatic N) is 3. The molecule has 0 radical (unpaired) electrons. The smallest absolute Gasteiger partial charge is 0.143 e. The van der Waals surface area contributed by atoms with E-state index in [-0.39, 0.29) is 11.8 Å². The second-order valence-corrected chi connectivity index (χ2v) is 4.39. The average molecular weight is 236 g/mol. The SMILES string of the molecule is Cc1cccc(CN(C)CC(C)C(N)=NO)n1. The molecule has 1 unspecified atom stereocenters. The maximum Gasteiger partial charge on any atom is 0.143 e. The van der Waals surface area contributed by atoms with Crippen molar-refractivity contribution in [3.8, 4) is 0 Å². The van der Waals surface area contributed by atoms with Gasteiger partial charge in [-0.2, -0.15) is 0 Å². The summed E-state index contributed by atoms with van der Waals surface area (Å²) < 4.78 is 0. The summed E-state index contributed by atoms with van der Waals surface area (Å²) in [7, 11) is 1.99. The van der Waals surface area contributed by atoms with E-state index in [2.05, 4.69) is 15.0 Å². The second-order valence-electron chi connectivity index (χ2n) is 4.39. The molecule has 0 aromatic carbocycles. The van der Waals surface area contributed by atoms with Crippen molar-refractivity contribution in [1.29, 1.82) is 0 Å². The van der Waals surface area contributed by atoms with E-state index in [1.54, 1.807) is 0 Å². The molecule has 0 saturated carbocycles. The van der Waals surface area contributed by atoms with Gasteiger partial charge in [-0.25, -0.2) is 0 Å². The Balaban J connectivity index is 2.52. The molecule has 1 aromatic heterocycles. The molecule has 0 spiro atoms. The molecule has 1 heterocycles. The molecule has 5 nitrogen and oxygen atoms in total. The van der Waals surface area contributed by atoms with Gasteiger partial charge in [0, 0.05) is 24.7 Å². The molecule has 0 bridgehead atoms. The Labute approximate surface area is 102 Å². The van der Waals surface area contributed by atoms with E-state index < -0.39 is 0 Å². The van der Waals surface area contributed by atoms with E-state index in [0.29, 0.717) is 0 Å². The zero-order chi connectivity index (χ0) is 12.8. The maximum absolute atomic E-state index is 8.58. The van der Waals surface area contributed by atoms with Gasteiger partial charge in [0.05, 0.1) is 5.69 Å². The molecule has 0 aliphatic carbocycles. The van der Waals surface area contributed by atoms with Crippen molar-refractivity contribution in [2.45, 2.75) is 20.4 Å². The summed E-state index contributed by atoms with van der Waals surface area (Å²) in [5.41, 5.74) is 7.58. The van der Waals surface area contributed by atoms with Gasteiger partial charge in [0.15, 0.2) is 0 Å². The highest BCUT2D eigenvalue weighted by Crippen LogP contribution is 2.04. The molecule has 1 rings (SSSR count). The number of rotatable bonds is 5. The highest BCUT2D eigenvalue weighted by molar-refractivity contribution is 5.82. The fourth-order valence-electron chi connectivity index (χ4n) is 1.69. The Kier molecular flexibility index (Phi) is 4.90. The zero-order valence-electron chi connectivity index (χ0n) is 10.6. The van der Waals surface area contributed by atoms with Crippen LogP contribution in [0.5, 0.6) is 0 Å². The minimum Gasteiger partial charge on any atom is -0.409 e. The summed E-state index contributed by atoms with van der Waals surface area (Å²) in [6.45, 7) is 5.38. The molecule has 0 fully saturated rings. The number of pyridine rings is 1. The highest BCUT2D eigenvalue weighted by atomic mass is 16.4. The van der Waals surface area contributed by atoms with Gasteiger partial charge in [0.1, 0.15) is 5.84 Å². The number of amidine groups is 1. The lowest BCUT2D eigenvalue weighted by molar-refractivity contribution is 0.288. The predicted octanol–water partition coefficient (Wildman–Crippen LogP) is 1.20. The van der Waals surface area contributed by atoms with Gasteiger partial charge < -0.3 is 10.9 Å². The molecular weight excluding hydrogens is 216 g/mol. The molecule has 5 heteroatoms. The zero-order valence-corrected chi connectivity index (χ0v) is 10.6. The van der Waals surface area contributed by atoms with E-state index in [1.165, 1.54) is 0 Å². The van der Waals surface area contributed by atoms with Crippen molar-refractivity contribution in [3.63, 3.8) is 0 Å². The Morgan fingerprint density at radius 2 is 2.29 bits per heavy atom. The second kappa shape index (κ2) is 6.20. The Morgan fingerprint density at radius 3 is 2.88 bits per heavy atom. The molecule has 0 aliphatic rings. The van der Waals surface area contributed by atoms with Gasteiger partial charge in [0.2, 0.25) is 0 Å². The van der Waals surface area contributed by atoms with Gasteiger partial charge in [-0.15, -0.1) is 0 Å². The molecule has 1 aromatic rings. The van der Waals surface area contributed by atoms with Crippen LogP contribution in [0.1, 0.15) is 18.3 Å². The van der Waals surface area contributed by atoms with Crippen LogP contribution in [0, 0.1) is 12.8 Å². The van der Waals surface area contributed by atoms with Crippen LogP contribution in [0.3, 0.4) is 0 Å². The van der Waals surface area contributed by atoms with Crippen molar-refractivity contribution in [1.82, 2.24) is 9.88 Å². The van der Waals surface area contributed by atoms with Crippen molar-refractivity contribution >= 4 is 5.84 Å². The lowest BCUT2D eigenvalue weighted by Crippen LogP contribution is -2.32. The summed E-state index contributed by atoms with van der Waals surface area (Å²) in [4.78, 5) is 6.53. The Bertz CT molecular complexity index is 392. The van der Waals surface area contributed by atoms with Crippen molar-refractivity contribution < 1.29 is 5.21 Å². The molecule has 94 valence electrons. The predicted molar refractivity (Wildman–Crippen MR) is 67.9 cm³/mol. The highest BCUT2D eigenvalue weighted by Gasteiger charge is 2.11. The monoisotopic (exact) mass is 236 g/mol. The van der Waals surface area contributed by atoms with Gasteiger partial charge >= 0.3 is 0 Å². The Morgan fingerprint density at radius 1 is 1.59 bits per heavy atom. The minimum absolute atomic E-state index is 0.0230. The Hall–Kier alpha value is -1.62. The number of aryl methyl sites for hydroxylation is 1. The van der Waals surface area contributed by atoms with Gasteiger partial charge in [0.25, 0.3) is 0 Å². The summed E-state index contributed by atoms with van der Waals surface area (Å²) in [6.07, 6.45) is 0. The van der Waals surface area contributed by atoms with Gasteiger partial charge in [-0.05, 0) is 26.1 Å². The quantitative estimate of drug-likeness (QED) is 0.349. The third-order valence-electron chi connectivity index (χ3n) is 2.58. The fraction of sp³-hybridized carbons (Fsp3) is 0.500. The topological polar surface area (TPSA) is 74.7 Å². The number of hydrogen-bond donors (Lipinski definition) is 2. The number of oxime groups is 1. The molecule has 3 N–H and O–H groups in total. The summed E-state index contributed by atoms with van der Waals surface area (Å²) in [6, 6.07) is 5.97. The van der Waals surface area contributed by atoms with E-state index in [1.807, 2.05) is 39.1 Å². The lowest BCUT2D eigenvalue weighted by atomic mass is 10.1. The first-order chi connectivity index (χ1) is 8.02. The molecule has 1 atom stereocenters. The first kappa shape index (κ1) is 13.4. The van der Waals surface area contributed by atoms with E-state index in [9.17, 15) is 0 Å².